The minimum Gasteiger partial charge on any atom is -0.444 e. The molecule has 18 heavy (non-hydrogen) atoms. The number of hydrogen-bond acceptors (Lipinski definition) is 2. The lowest BCUT2D eigenvalue weighted by Crippen LogP contribution is -2.34. The lowest BCUT2D eigenvalue weighted by atomic mass is 10.0. The van der Waals surface area contributed by atoms with Crippen LogP contribution in [0.15, 0.2) is 24.3 Å². The Kier molecular flexibility index (Phi) is 5.03. The molecule has 0 bridgehead atoms. The van der Waals surface area contributed by atoms with Gasteiger partial charge >= 0.3 is 6.09 Å². The number of benzene rings is 1. The zero-order valence-corrected chi connectivity index (χ0v) is 11.8. The van der Waals surface area contributed by atoms with Crippen LogP contribution < -0.4 is 5.32 Å². The van der Waals surface area contributed by atoms with Crippen LogP contribution in [0.4, 0.5) is 4.79 Å². The smallest absolute Gasteiger partial charge is 0.407 e. The van der Waals surface area contributed by atoms with E-state index in [1.54, 1.807) is 0 Å². The Hall–Kier alpha value is -1.22. The van der Waals surface area contributed by atoms with Crippen molar-refractivity contribution in [1.29, 1.82) is 0 Å². The minimum atomic E-state index is -0.485. The van der Waals surface area contributed by atoms with E-state index in [1.165, 1.54) is 0 Å². The monoisotopic (exact) mass is 268 g/mol. The molecule has 3 nitrogen and oxygen atoms in total. The fraction of sp³-hybridized carbons (Fsp3) is 0.429. The van der Waals surface area contributed by atoms with Crippen molar-refractivity contribution in [2.24, 2.45) is 0 Å². The molecule has 1 aromatic carbocycles. The second-order valence-electron chi connectivity index (χ2n) is 5.13. The first kappa shape index (κ1) is 14.8. The van der Waals surface area contributed by atoms with Crippen molar-refractivity contribution in [2.45, 2.75) is 32.3 Å². The van der Waals surface area contributed by atoms with Gasteiger partial charge in [-0.1, -0.05) is 23.7 Å². The summed E-state index contributed by atoms with van der Waals surface area (Å²) in [4.78, 5) is 11.5. The third kappa shape index (κ3) is 5.41. The first-order chi connectivity index (χ1) is 8.28. The molecular weight excluding hydrogens is 250 g/mol. The SMILES string of the molecule is [CH2]C(CNC(=O)OC(C)(C)C)c1ccc(Cl)cc1. The summed E-state index contributed by atoms with van der Waals surface area (Å²) in [6.07, 6.45) is -0.426. The second kappa shape index (κ2) is 6.10. The number of ether oxygens (including phenoxy) is 1. The third-order valence-electron chi connectivity index (χ3n) is 2.23. The van der Waals surface area contributed by atoms with Crippen LogP contribution in [0, 0.1) is 6.92 Å². The summed E-state index contributed by atoms with van der Waals surface area (Å²) in [6.45, 7) is 9.90. The fourth-order valence-corrected chi connectivity index (χ4v) is 1.50. The Morgan fingerprint density at radius 3 is 2.44 bits per heavy atom. The maximum Gasteiger partial charge on any atom is 0.407 e. The molecule has 0 heterocycles. The van der Waals surface area contributed by atoms with Gasteiger partial charge in [-0.3, -0.25) is 0 Å². The van der Waals surface area contributed by atoms with Gasteiger partial charge in [0.15, 0.2) is 0 Å². The molecule has 99 valence electrons. The molecule has 0 saturated carbocycles. The van der Waals surface area contributed by atoms with Crippen LogP contribution in [0.1, 0.15) is 32.3 Å². The van der Waals surface area contributed by atoms with Crippen molar-refractivity contribution >= 4 is 17.7 Å². The maximum atomic E-state index is 11.5. The number of alkyl carbamates (subject to hydrolysis) is 1. The molecule has 0 fully saturated rings. The molecule has 0 aliphatic heterocycles. The highest BCUT2D eigenvalue weighted by Gasteiger charge is 2.16. The van der Waals surface area contributed by atoms with Crippen LogP contribution in [-0.2, 0) is 4.74 Å². The molecule has 1 aromatic rings. The van der Waals surface area contributed by atoms with E-state index in [1.807, 2.05) is 45.0 Å². The highest BCUT2D eigenvalue weighted by atomic mass is 35.5. The topological polar surface area (TPSA) is 38.3 Å². The summed E-state index contributed by atoms with van der Waals surface area (Å²) in [5.74, 6) is -0.0326. The van der Waals surface area contributed by atoms with Gasteiger partial charge in [0, 0.05) is 17.5 Å². The third-order valence-corrected chi connectivity index (χ3v) is 2.49. The van der Waals surface area contributed by atoms with Crippen molar-refractivity contribution < 1.29 is 9.53 Å². The molecule has 1 radical (unpaired) electrons. The molecule has 0 spiro atoms. The highest BCUT2D eigenvalue weighted by Crippen LogP contribution is 2.17. The average molecular weight is 269 g/mol. The van der Waals surface area contributed by atoms with E-state index in [2.05, 4.69) is 12.2 Å². The Labute approximate surface area is 113 Å². The van der Waals surface area contributed by atoms with Crippen molar-refractivity contribution in [1.82, 2.24) is 5.32 Å². The predicted molar refractivity (Wildman–Crippen MR) is 73.8 cm³/mol. The zero-order valence-electron chi connectivity index (χ0n) is 11.0. The van der Waals surface area contributed by atoms with Crippen molar-refractivity contribution in [2.75, 3.05) is 6.54 Å². The summed E-state index contributed by atoms with van der Waals surface area (Å²) in [7, 11) is 0. The van der Waals surface area contributed by atoms with Crippen LogP contribution in [0.5, 0.6) is 0 Å². The molecular formula is C14H19ClNO2. The molecule has 1 amide bonds. The van der Waals surface area contributed by atoms with Gasteiger partial charge in [0.1, 0.15) is 5.60 Å². The van der Waals surface area contributed by atoms with Crippen molar-refractivity contribution in [3.63, 3.8) is 0 Å². The first-order valence-corrected chi connectivity index (χ1v) is 6.21. The summed E-state index contributed by atoms with van der Waals surface area (Å²) >= 11 is 5.81. The van der Waals surface area contributed by atoms with E-state index in [4.69, 9.17) is 16.3 Å². The van der Waals surface area contributed by atoms with Crippen LogP contribution in [0.2, 0.25) is 5.02 Å². The second-order valence-corrected chi connectivity index (χ2v) is 5.57. The lowest BCUT2D eigenvalue weighted by molar-refractivity contribution is 0.0526. The van der Waals surface area contributed by atoms with E-state index in [9.17, 15) is 4.79 Å². The van der Waals surface area contributed by atoms with E-state index in [0.717, 1.165) is 5.56 Å². The molecule has 0 aromatic heterocycles. The Morgan fingerprint density at radius 2 is 1.94 bits per heavy atom. The summed E-state index contributed by atoms with van der Waals surface area (Å²) < 4.78 is 5.14. The average Bonchev–Trinajstić information content (AvgIpc) is 2.24. The van der Waals surface area contributed by atoms with E-state index in [0.29, 0.717) is 11.6 Å². The summed E-state index contributed by atoms with van der Waals surface area (Å²) in [5, 5.41) is 3.38. The van der Waals surface area contributed by atoms with Crippen LogP contribution in [-0.4, -0.2) is 18.2 Å². The molecule has 0 aliphatic carbocycles. The van der Waals surface area contributed by atoms with Gasteiger partial charge in [0.05, 0.1) is 0 Å². The molecule has 1 rings (SSSR count). The van der Waals surface area contributed by atoms with Gasteiger partial charge in [0.25, 0.3) is 0 Å². The molecule has 1 N–H and O–H groups in total. The van der Waals surface area contributed by atoms with Crippen LogP contribution >= 0.6 is 11.6 Å². The standard InChI is InChI=1S/C14H19ClNO2/c1-10(11-5-7-12(15)8-6-11)9-16-13(17)18-14(2,3)4/h5-8,10H,1,9H2,2-4H3,(H,16,17). The molecule has 0 aliphatic rings. The highest BCUT2D eigenvalue weighted by molar-refractivity contribution is 6.30. The van der Waals surface area contributed by atoms with E-state index >= 15 is 0 Å². The fourth-order valence-electron chi connectivity index (χ4n) is 1.37. The molecule has 1 unspecified atom stereocenters. The molecule has 1 atom stereocenters. The Balaban J connectivity index is 2.44. The minimum absolute atomic E-state index is 0.0326. The Morgan fingerprint density at radius 1 is 1.39 bits per heavy atom. The largest absolute Gasteiger partial charge is 0.444 e. The van der Waals surface area contributed by atoms with Crippen molar-refractivity contribution in [3.05, 3.63) is 41.8 Å². The number of halogens is 1. The lowest BCUT2D eigenvalue weighted by Gasteiger charge is -2.20. The number of amides is 1. The predicted octanol–water partition coefficient (Wildman–Crippen LogP) is 3.78. The summed E-state index contributed by atoms with van der Waals surface area (Å²) in [5.41, 5.74) is 0.538. The van der Waals surface area contributed by atoms with Gasteiger partial charge in [0.2, 0.25) is 0 Å². The number of carbonyl (C=O) groups is 1. The van der Waals surface area contributed by atoms with Crippen molar-refractivity contribution in [3.8, 4) is 0 Å². The zero-order chi connectivity index (χ0) is 13.8. The van der Waals surface area contributed by atoms with E-state index < -0.39 is 11.7 Å². The number of nitrogens with one attached hydrogen (secondary N) is 1. The van der Waals surface area contributed by atoms with E-state index in [-0.39, 0.29) is 5.92 Å². The maximum absolute atomic E-state index is 11.5. The van der Waals surface area contributed by atoms with Crippen LogP contribution in [0.25, 0.3) is 0 Å². The van der Waals surface area contributed by atoms with Gasteiger partial charge in [-0.25, -0.2) is 4.79 Å². The van der Waals surface area contributed by atoms with Gasteiger partial charge in [-0.15, -0.1) is 0 Å². The molecule has 4 heteroatoms. The van der Waals surface area contributed by atoms with Crippen LogP contribution in [0.3, 0.4) is 0 Å². The Bertz CT molecular complexity index is 395. The summed E-state index contributed by atoms with van der Waals surface area (Å²) in [6, 6.07) is 7.42. The van der Waals surface area contributed by atoms with Gasteiger partial charge in [-0.05, 0) is 45.4 Å². The quantitative estimate of drug-likeness (QED) is 0.906. The number of hydrogen-bond donors (Lipinski definition) is 1. The normalized spacial score (nSPS) is 12.9. The molecule has 0 saturated heterocycles. The number of carbonyl (C=O) groups excluding carboxylic acids is 1. The first-order valence-electron chi connectivity index (χ1n) is 5.83. The number of rotatable bonds is 3. The van der Waals surface area contributed by atoms with Gasteiger partial charge < -0.3 is 10.1 Å². The van der Waals surface area contributed by atoms with Gasteiger partial charge in [-0.2, -0.15) is 0 Å².